The summed E-state index contributed by atoms with van der Waals surface area (Å²) in [6.07, 6.45) is 4.45. The fourth-order valence-electron chi connectivity index (χ4n) is 4.08. The van der Waals surface area contributed by atoms with Crippen LogP contribution in [-0.4, -0.2) is 74.0 Å². The number of carbonyl (C=O) groups excluding carboxylic acids is 4. The van der Waals surface area contributed by atoms with Gasteiger partial charge in [0.1, 0.15) is 0 Å². The van der Waals surface area contributed by atoms with E-state index in [4.69, 9.17) is 29.2 Å². The van der Waals surface area contributed by atoms with Gasteiger partial charge in [-0.2, -0.15) is 0 Å². The lowest BCUT2D eigenvalue weighted by molar-refractivity contribution is -0.146. The van der Waals surface area contributed by atoms with Crippen molar-refractivity contribution in [3.63, 3.8) is 0 Å². The fourth-order valence-corrected chi connectivity index (χ4v) is 4.08. The van der Waals surface area contributed by atoms with Gasteiger partial charge in [-0.3, -0.25) is 20.2 Å². The van der Waals surface area contributed by atoms with Gasteiger partial charge in [-0.25, -0.2) is 9.59 Å². The fraction of sp³-hybridized carbons (Fsp3) is 0.515. The second kappa shape index (κ2) is 23.3. The molecule has 0 aliphatic rings. The van der Waals surface area contributed by atoms with E-state index in [0.717, 1.165) is 11.1 Å². The summed E-state index contributed by atoms with van der Waals surface area (Å²) in [4.78, 5) is 47.6. The van der Waals surface area contributed by atoms with Crippen LogP contribution in [0.2, 0.25) is 0 Å². The van der Waals surface area contributed by atoms with E-state index < -0.39 is 12.2 Å². The molecule has 2 aromatic carbocycles. The van der Waals surface area contributed by atoms with Gasteiger partial charge in [0.2, 0.25) is 0 Å². The van der Waals surface area contributed by atoms with Crippen LogP contribution in [0, 0.1) is 0 Å². The lowest BCUT2D eigenvalue weighted by Gasteiger charge is -2.10. The Morgan fingerprint density at radius 2 is 0.933 bits per heavy atom. The first kappa shape index (κ1) is 37.0. The summed E-state index contributed by atoms with van der Waals surface area (Å²) in [7, 11) is 0. The van der Waals surface area contributed by atoms with Crippen molar-refractivity contribution in [1.82, 2.24) is 0 Å². The van der Waals surface area contributed by atoms with Gasteiger partial charge in [0.15, 0.2) is 0 Å². The molecule has 12 nitrogen and oxygen atoms in total. The van der Waals surface area contributed by atoms with Crippen molar-refractivity contribution in [2.24, 2.45) is 0 Å². The third kappa shape index (κ3) is 18.3. The number of aliphatic hydroxyl groups excluding tert-OH is 2. The molecular weight excluding hydrogens is 584 g/mol. The second-order valence-electron chi connectivity index (χ2n) is 10.3. The predicted octanol–water partition coefficient (Wildman–Crippen LogP) is 5.35. The van der Waals surface area contributed by atoms with Gasteiger partial charge in [0, 0.05) is 37.4 Å². The Hall–Kier alpha value is -4.16. The molecule has 0 atom stereocenters. The number of hydrogen-bond acceptors (Lipinski definition) is 10. The lowest BCUT2D eigenvalue weighted by Crippen LogP contribution is -2.15. The van der Waals surface area contributed by atoms with Gasteiger partial charge >= 0.3 is 24.1 Å². The molecule has 0 radical (unpaired) electrons. The smallest absolute Gasteiger partial charge is 0.411 e. The minimum Gasteiger partial charge on any atom is -0.466 e. The maximum atomic E-state index is 12.2. The summed E-state index contributed by atoms with van der Waals surface area (Å²) in [6, 6.07) is 14.8. The number of rotatable bonds is 22. The molecule has 45 heavy (non-hydrogen) atoms. The first-order valence-corrected chi connectivity index (χ1v) is 15.5. The summed E-state index contributed by atoms with van der Waals surface area (Å²) < 4.78 is 20.6. The molecule has 0 unspecified atom stereocenters. The highest BCUT2D eigenvalue weighted by Gasteiger charge is 2.09. The summed E-state index contributed by atoms with van der Waals surface area (Å²) >= 11 is 0. The largest absolute Gasteiger partial charge is 0.466 e. The molecule has 2 aromatic rings. The quantitative estimate of drug-likeness (QED) is 0.0756. The van der Waals surface area contributed by atoms with Crippen LogP contribution < -0.4 is 10.6 Å². The summed E-state index contributed by atoms with van der Waals surface area (Å²) in [5.41, 5.74) is 3.10. The van der Waals surface area contributed by atoms with Crippen molar-refractivity contribution in [2.75, 3.05) is 50.3 Å². The first-order valence-electron chi connectivity index (χ1n) is 15.5. The van der Waals surface area contributed by atoms with Gasteiger partial charge in [-0.15, -0.1) is 0 Å². The van der Waals surface area contributed by atoms with Crippen molar-refractivity contribution >= 4 is 35.5 Å². The second-order valence-corrected chi connectivity index (χ2v) is 10.3. The van der Waals surface area contributed by atoms with Gasteiger partial charge in [0.05, 0.1) is 26.4 Å². The SMILES string of the molecule is O=C(CCCCC(=O)OCCCCOC(=O)Nc1cccc(Cc2cccc(NC(=O)OCCCCO)c2)c1)OCCCCO. The van der Waals surface area contributed by atoms with Gasteiger partial charge in [0.25, 0.3) is 0 Å². The Kier molecular flexibility index (Phi) is 19.1. The molecule has 2 amide bonds. The Morgan fingerprint density at radius 3 is 1.36 bits per heavy atom. The number of carbonyl (C=O) groups is 4. The van der Waals surface area contributed by atoms with Crippen molar-refractivity contribution in [3.05, 3.63) is 59.7 Å². The topological polar surface area (TPSA) is 170 Å². The van der Waals surface area contributed by atoms with Crippen LogP contribution in [0.5, 0.6) is 0 Å². The highest BCUT2D eigenvalue weighted by molar-refractivity contribution is 5.85. The van der Waals surface area contributed by atoms with Crippen molar-refractivity contribution in [3.8, 4) is 0 Å². The molecule has 0 aliphatic carbocycles. The van der Waals surface area contributed by atoms with Crippen LogP contribution in [0.1, 0.15) is 75.3 Å². The number of unbranched alkanes of at least 4 members (excludes halogenated alkanes) is 4. The van der Waals surface area contributed by atoms with Crippen LogP contribution in [0.25, 0.3) is 0 Å². The van der Waals surface area contributed by atoms with Crippen molar-refractivity contribution in [1.29, 1.82) is 0 Å². The molecule has 0 saturated carbocycles. The van der Waals surface area contributed by atoms with E-state index >= 15 is 0 Å². The Bertz CT molecular complexity index is 1170. The Morgan fingerprint density at radius 1 is 0.533 bits per heavy atom. The average molecular weight is 631 g/mol. The highest BCUT2D eigenvalue weighted by atomic mass is 16.6. The molecule has 248 valence electrons. The zero-order chi connectivity index (χ0) is 32.5. The van der Waals surface area contributed by atoms with Crippen LogP contribution in [0.4, 0.5) is 21.0 Å². The zero-order valence-corrected chi connectivity index (χ0v) is 25.8. The number of benzene rings is 2. The zero-order valence-electron chi connectivity index (χ0n) is 25.8. The normalized spacial score (nSPS) is 10.5. The highest BCUT2D eigenvalue weighted by Crippen LogP contribution is 2.18. The van der Waals surface area contributed by atoms with Crippen molar-refractivity contribution < 1.29 is 48.3 Å². The molecule has 0 fully saturated rings. The van der Waals surface area contributed by atoms with E-state index in [1.165, 1.54) is 0 Å². The molecule has 12 heteroatoms. The van der Waals surface area contributed by atoms with Gasteiger partial charge in [-0.05, 0) is 93.2 Å². The van der Waals surface area contributed by atoms with Crippen molar-refractivity contribution in [2.45, 2.75) is 70.6 Å². The summed E-state index contributed by atoms with van der Waals surface area (Å²) in [5.74, 6) is -0.637. The number of nitrogens with one attached hydrogen (secondary N) is 2. The molecular formula is C33H46N2O10. The van der Waals surface area contributed by atoms with E-state index in [1.54, 1.807) is 12.1 Å². The van der Waals surface area contributed by atoms with Crippen LogP contribution in [0.3, 0.4) is 0 Å². The Labute approximate surface area is 264 Å². The molecule has 4 N–H and O–H groups in total. The van der Waals surface area contributed by atoms with Crippen LogP contribution in [0.15, 0.2) is 48.5 Å². The maximum Gasteiger partial charge on any atom is 0.411 e. The third-order valence-electron chi connectivity index (χ3n) is 6.40. The summed E-state index contributed by atoms with van der Waals surface area (Å²) in [5, 5.41) is 22.9. The monoisotopic (exact) mass is 630 g/mol. The van der Waals surface area contributed by atoms with E-state index in [9.17, 15) is 19.2 Å². The number of aliphatic hydroxyl groups is 2. The van der Waals surface area contributed by atoms with E-state index in [-0.39, 0.29) is 57.8 Å². The Balaban J connectivity index is 1.59. The van der Waals surface area contributed by atoms with E-state index in [2.05, 4.69) is 10.6 Å². The number of esters is 2. The molecule has 0 spiro atoms. The first-order chi connectivity index (χ1) is 21.9. The number of amides is 2. The molecule has 0 saturated heterocycles. The van der Waals surface area contributed by atoms with Gasteiger partial charge < -0.3 is 29.2 Å². The molecule has 0 heterocycles. The minimum absolute atomic E-state index is 0.0612. The number of anilines is 2. The van der Waals surface area contributed by atoms with E-state index in [0.29, 0.717) is 75.8 Å². The standard InChI is InChI=1S/C33H46N2O10/c36-17-3-5-19-42-30(38)15-1-2-16-31(39)43-20-7-8-22-45-33(41)35-29-14-10-12-27(25-29)23-26-11-9-13-28(24-26)34-32(40)44-21-6-4-18-37/h9-14,24-25,36-37H,1-8,15-23H2,(H,34,40)(H,35,41). The minimum atomic E-state index is -0.584. The van der Waals surface area contributed by atoms with Gasteiger partial charge in [-0.1, -0.05) is 24.3 Å². The maximum absolute atomic E-state index is 12.2. The third-order valence-corrected chi connectivity index (χ3v) is 6.40. The summed E-state index contributed by atoms with van der Waals surface area (Å²) in [6.45, 7) is 1.07. The van der Waals surface area contributed by atoms with Crippen LogP contribution >= 0.6 is 0 Å². The number of ether oxygens (including phenoxy) is 4. The molecule has 0 bridgehead atoms. The van der Waals surface area contributed by atoms with E-state index in [1.807, 2.05) is 36.4 Å². The predicted molar refractivity (Wildman–Crippen MR) is 168 cm³/mol. The van der Waals surface area contributed by atoms with Crippen LogP contribution in [-0.2, 0) is 35.0 Å². The lowest BCUT2D eigenvalue weighted by atomic mass is 10.0. The molecule has 0 aliphatic heterocycles. The number of hydrogen-bond donors (Lipinski definition) is 4. The molecule has 2 rings (SSSR count). The molecule has 0 aromatic heterocycles. The average Bonchev–Trinajstić information content (AvgIpc) is 3.02.